The van der Waals surface area contributed by atoms with Crippen LogP contribution in [-0.2, 0) is 9.47 Å². The van der Waals surface area contributed by atoms with Crippen LogP contribution in [0.2, 0.25) is 0 Å². The molecule has 6 nitrogen and oxygen atoms in total. The minimum absolute atomic E-state index is 0.122. The van der Waals surface area contributed by atoms with Gasteiger partial charge in [-0.05, 0) is 18.9 Å². The molecule has 0 aromatic rings. The molecule has 0 bridgehead atoms. The first-order chi connectivity index (χ1) is 6.58. The number of hydrogen-bond donors (Lipinski definition) is 1. The van der Waals surface area contributed by atoms with Crippen molar-refractivity contribution in [1.82, 2.24) is 0 Å². The monoisotopic (exact) mass is 203 g/mol. The summed E-state index contributed by atoms with van der Waals surface area (Å²) in [5.41, 5.74) is 7.27. The van der Waals surface area contributed by atoms with E-state index in [1.165, 1.54) is 7.11 Å². The number of azide groups is 1. The molecule has 0 aliphatic rings. The van der Waals surface area contributed by atoms with E-state index in [9.17, 15) is 5.11 Å². The average Bonchev–Trinajstić information content (AvgIpc) is 2.17. The lowest BCUT2D eigenvalue weighted by Crippen LogP contribution is -2.40. The lowest BCUT2D eigenvalue weighted by atomic mass is 9.95. The number of ether oxygens (including phenoxy) is 2. The van der Waals surface area contributed by atoms with Gasteiger partial charge >= 0.3 is 0 Å². The van der Waals surface area contributed by atoms with E-state index in [1.54, 1.807) is 6.92 Å². The summed E-state index contributed by atoms with van der Waals surface area (Å²) in [6.07, 6.45) is 0.493. The quantitative estimate of drug-likeness (QED) is 0.223. The van der Waals surface area contributed by atoms with Crippen molar-refractivity contribution in [3.63, 3.8) is 0 Å². The molecule has 0 aromatic heterocycles. The molecule has 1 N–H and O–H groups in total. The third-order valence-electron chi connectivity index (χ3n) is 2.10. The van der Waals surface area contributed by atoms with E-state index in [1.807, 2.05) is 6.92 Å². The van der Waals surface area contributed by atoms with Gasteiger partial charge in [-0.15, -0.1) is 0 Å². The molecular weight excluding hydrogens is 186 g/mol. The third kappa shape index (κ3) is 4.43. The van der Waals surface area contributed by atoms with Gasteiger partial charge in [-0.25, -0.2) is 0 Å². The number of nitrogens with zero attached hydrogens (tertiary/aromatic N) is 3. The molecule has 0 saturated heterocycles. The first-order valence-corrected chi connectivity index (χ1v) is 4.41. The molecule has 0 heterocycles. The van der Waals surface area contributed by atoms with Crippen LogP contribution in [0.1, 0.15) is 20.3 Å². The van der Waals surface area contributed by atoms with Crippen LogP contribution in [0.4, 0.5) is 0 Å². The Labute approximate surface area is 83.4 Å². The molecule has 0 spiro atoms. The lowest BCUT2D eigenvalue weighted by Gasteiger charge is -2.27. The zero-order chi connectivity index (χ0) is 11.0. The predicted molar refractivity (Wildman–Crippen MR) is 51.7 cm³/mol. The summed E-state index contributed by atoms with van der Waals surface area (Å²) >= 11 is 0. The van der Waals surface area contributed by atoms with Gasteiger partial charge in [0.1, 0.15) is 6.79 Å². The molecule has 2 atom stereocenters. The lowest BCUT2D eigenvalue weighted by molar-refractivity contribution is -0.0649. The minimum Gasteiger partial charge on any atom is -0.390 e. The van der Waals surface area contributed by atoms with Crippen molar-refractivity contribution < 1.29 is 14.6 Å². The molecule has 0 aliphatic carbocycles. The van der Waals surface area contributed by atoms with Crippen molar-refractivity contribution in [3.05, 3.63) is 10.4 Å². The van der Waals surface area contributed by atoms with Crippen molar-refractivity contribution in [2.75, 3.05) is 20.5 Å². The Hall–Kier alpha value is -0.810. The van der Waals surface area contributed by atoms with E-state index in [2.05, 4.69) is 14.8 Å². The van der Waals surface area contributed by atoms with E-state index in [0.717, 1.165) is 0 Å². The van der Waals surface area contributed by atoms with Crippen LogP contribution in [0, 0.1) is 0 Å². The first-order valence-electron chi connectivity index (χ1n) is 4.41. The summed E-state index contributed by atoms with van der Waals surface area (Å²) in [4.78, 5) is 2.67. The molecule has 14 heavy (non-hydrogen) atoms. The first kappa shape index (κ1) is 13.2. The molecular formula is C8H17N3O3. The molecule has 0 rings (SSSR count). The van der Waals surface area contributed by atoms with Gasteiger partial charge in [-0.3, -0.25) is 0 Å². The summed E-state index contributed by atoms with van der Waals surface area (Å²) < 4.78 is 9.72. The number of methoxy groups -OCH3 is 1. The molecule has 0 aliphatic heterocycles. The Morgan fingerprint density at radius 2 is 2.29 bits per heavy atom. The fourth-order valence-electron chi connectivity index (χ4n) is 0.878. The highest BCUT2D eigenvalue weighted by molar-refractivity contribution is 4.86. The molecule has 82 valence electrons. The van der Waals surface area contributed by atoms with Crippen molar-refractivity contribution >= 4 is 0 Å². The van der Waals surface area contributed by atoms with Crippen molar-refractivity contribution in [2.24, 2.45) is 5.11 Å². The second kappa shape index (κ2) is 6.62. The summed E-state index contributed by atoms with van der Waals surface area (Å²) in [7, 11) is 1.50. The molecule has 0 radical (unpaired) electrons. The summed E-state index contributed by atoms with van der Waals surface area (Å²) in [5, 5.41) is 13.3. The Morgan fingerprint density at radius 3 is 2.71 bits per heavy atom. The zero-order valence-corrected chi connectivity index (χ0v) is 8.80. The van der Waals surface area contributed by atoms with E-state index in [4.69, 9.17) is 10.3 Å². The molecule has 0 saturated carbocycles. The van der Waals surface area contributed by atoms with Crippen molar-refractivity contribution in [1.29, 1.82) is 0 Å². The number of aliphatic hydroxyl groups is 1. The third-order valence-corrected chi connectivity index (χ3v) is 2.10. The molecule has 0 aromatic carbocycles. The Balaban J connectivity index is 4.21. The minimum atomic E-state index is -1.04. The SMILES string of the molecule is CC[C@@](C)(O)[C@@H](COCOC)N=[N+]=[N-]. The van der Waals surface area contributed by atoms with Gasteiger partial charge in [0.05, 0.1) is 18.2 Å². The highest BCUT2D eigenvalue weighted by Gasteiger charge is 2.29. The molecule has 0 fully saturated rings. The number of rotatable bonds is 7. The van der Waals surface area contributed by atoms with Gasteiger partial charge in [0.25, 0.3) is 0 Å². The van der Waals surface area contributed by atoms with Crippen LogP contribution in [0.5, 0.6) is 0 Å². The zero-order valence-electron chi connectivity index (χ0n) is 8.80. The van der Waals surface area contributed by atoms with Crippen LogP contribution in [0.3, 0.4) is 0 Å². The highest BCUT2D eigenvalue weighted by Crippen LogP contribution is 2.18. The Bertz CT molecular complexity index is 202. The van der Waals surface area contributed by atoms with Gasteiger partial charge in [0.15, 0.2) is 0 Å². The maximum Gasteiger partial charge on any atom is 0.146 e. The predicted octanol–water partition coefficient (Wildman–Crippen LogP) is 1.45. The smallest absolute Gasteiger partial charge is 0.146 e. The Morgan fingerprint density at radius 1 is 1.64 bits per heavy atom. The molecule has 0 amide bonds. The van der Waals surface area contributed by atoms with Gasteiger partial charge < -0.3 is 14.6 Å². The maximum absolute atomic E-state index is 9.83. The topological polar surface area (TPSA) is 87.5 Å². The summed E-state index contributed by atoms with van der Waals surface area (Å²) in [6.45, 7) is 3.70. The normalized spacial score (nSPS) is 16.9. The summed E-state index contributed by atoms with van der Waals surface area (Å²) in [6, 6.07) is -0.590. The van der Waals surface area contributed by atoms with E-state index in [0.29, 0.717) is 6.42 Å². The van der Waals surface area contributed by atoms with Crippen LogP contribution in [0.25, 0.3) is 10.4 Å². The highest BCUT2D eigenvalue weighted by atomic mass is 16.7. The van der Waals surface area contributed by atoms with Crippen LogP contribution in [-0.4, -0.2) is 37.3 Å². The maximum atomic E-state index is 9.83. The largest absolute Gasteiger partial charge is 0.390 e. The van der Waals surface area contributed by atoms with Crippen LogP contribution >= 0.6 is 0 Å². The number of hydrogen-bond acceptors (Lipinski definition) is 4. The second-order valence-electron chi connectivity index (χ2n) is 3.21. The average molecular weight is 203 g/mol. The van der Waals surface area contributed by atoms with Gasteiger partial charge in [0.2, 0.25) is 0 Å². The van der Waals surface area contributed by atoms with Crippen LogP contribution in [0.15, 0.2) is 5.11 Å². The van der Waals surface area contributed by atoms with Crippen LogP contribution < -0.4 is 0 Å². The fourth-order valence-corrected chi connectivity index (χ4v) is 0.878. The molecule has 6 heteroatoms. The van der Waals surface area contributed by atoms with E-state index < -0.39 is 11.6 Å². The van der Waals surface area contributed by atoms with Gasteiger partial charge in [-0.2, -0.15) is 0 Å². The molecule has 0 unspecified atom stereocenters. The van der Waals surface area contributed by atoms with Crippen molar-refractivity contribution in [2.45, 2.75) is 31.9 Å². The van der Waals surface area contributed by atoms with Crippen molar-refractivity contribution in [3.8, 4) is 0 Å². The fraction of sp³-hybridized carbons (Fsp3) is 1.00. The van der Waals surface area contributed by atoms with Gasteiger partial charge in [0, 0.05) is 12.0 Å². The van der Waals surface area contributed by atoms with Gasteiger partial charge in [-0.1, -0.05) is 12.0 Å². The standard InChI is InChI=1S/C8H17N3O3/c1-4-8(2,12)7(10-11-9)5-14-6-13-3/h7,12H,4-6H2,1-3H3/t7-,8-/m1/s1. The summed E-state index contributed by atoms with van der Waals surface area (Å²) in [5.74, 6) is 0. The second-order valence-corrected chi connectivity index (χ2v) is 3.21. The Kier molecular flexibility index (Phi) is 6.23. The van der Waals surface area contributed by atoms with E-state index in [-0.39, 0.29) is 13.4 Å². The van der Waals surface area contributed by atoms with E-state index >= 15 is 0 Å².